The minimum absolute atomic E-state index is 0.410. The van der Waals surface area contributed by atoms with Gasteiger partial charge in [0.15, 0.2) is 0 Å². The van der Waals surface area contributed by atoms with Gasteiger partial charge in [-0.25, -0.2) is 0 Å². The third-order valence-corrected chi connectivity index (χ3v) is 4.50. The van der Waals surface area contributed by atoms with E-state index in [-0.39, 0.29) is 0 Å². The van der Waals surface area contributed by atoms with Crippen molar-refractivity contribution in [2.45, 2.75) is 37.7 Å². The Morgan fingerprint density at radius 3 is 2.67 bits per heavy atom. The standard InChI is InChI=1S/C19H22O2/c1-21-17-11-9-15(10-12-17)19(20)13-16-7-4-6-14-5-2-3-8-18(14)16/h2-3,5,8-12,16,19-20H,4,6-7,13H2,1H3. The molecule has 0 heterocycles. The van der Waals surface area contributed by atoms with E-state index in [1.165, 1.54) is 30.4 Å². The van der Waals surface area contributed by atoms with Crippen LogP contribution >= 0.6 is 0 Å². The second-order valence-electron chi connectivity index (χ2n) is 5.81. The summed E-state index contributed by atoms with van der Waals surface area (Å²) in [6.45, 7) is 0. The quantitative estimate of drug-likeness (QED) is 0.909. The molecule has 2 nitrogen and oxygen atoms in total. The molecule has 21 heavy (non-hydrogen) atoms. The molecule has 1 aliphatic carbocycles. The molecule has 3 rings (SSSR count). The van der Waals surface area contributed by atoms with Crippen molar-refractivity contribution in [1.29, 1.82) is 0 Å². The van der Waals surface area contributed by atoms with Gasteiger partial charge in [0.25, 0.3) is 0 Å². The SMILES string of the molecule is COc1ccc(C(O)CC2CCCc3ccccc32)cc1. The number of rotatable bonds is 4. The molecule has 2 aromatic rings. The molecule has 0 aliphatic heterocycles. The second kappa shape index (κ2) is 6.31. The lowest BCUT2D eigenvalue weighted by Gasteiger charge is -2.27. The summed E-state index contributed by atoms with van der Waals surface area (Å²) < 4.78 is 5.16. The molecule has 2 unspecified atom stereocenters. The maximum absolute atomic E-state index is 10.5. The highest BCUT2D eigenvalue weighted by molar-refractivity contribution is 5.33. The minimum atomic E-state index is -0.410. The molecule has 0 bridgehead atoms. The van der Waals surface area contributed by atoms with Gasteiger partial charge in [-0.3, -0.25) is 0 Å². The topological polar surface area (TPSA) is 29.5 Å². The van der Waals surface area contributed by atoms with Gasteiger partial charge >= 0.3 is 0 Å². The van der Waals surface area contributed by atoms with Crippen LogP contribution in [0.2, 0.25) is 0 Å². The Kier molecular flexibility index (Phi) is 4.26. The molecule has 0 aromatic heterocycles. The van der Waals surface area contributed by atoms with Gasteiger partial charge in [-0.1, -0.05) is 36.4 Å². The Bertz CT molecular complexity index is 589. The van der Waals surface area contributed by atoms with E-state index in [1.54, 1.807) is 7.11 Å². The number of aliphatic hydroxyl groups excluding tert-OH is 1. The number of fused-ring (bicyclic) bond motifs is 1. The maximum Gasteiger partial charge on any atom is 0.118 e. The van der Waals surface area contributed by atoms with Crippen LogP contribution in [0.25, 0.3) is 0 Å². The fraction of sp³-hybridized carbons (Fsp3) is 0.368. The van der Waals surface area contributed by atoms with E-state index >= 15 is 0 Å². The zero-order valence-electron chi connectivity index (χ0n) is 12.5. The van der Waals surface area contributed by atoms with Crippen LogP contribution < -0.4 is 4.74 Å². The highest BCUT2D eigenvalue weighted by Crippen LogP contribution is 2.37. The molecular formula is C19H22O2. The molecule has 0 saturated carbocycles. The largest absolute Gasteiger partial charge is 0.497 e. The molecule has 0 fully saturated rings. The molecule has 2 heteroatoms. The summed E-state index contributed by atoms with van der Waals surface area (Å²) >= 11 is 0. The van der Waals surface area contributed by atoms with Crippen LogP contribution in [-0.4, -0.2) is 12.2 Å². The molecule has 1 N–H and O–H groups in total. The molecule has 0 saturated heterocycles. The van der Waals surface area contributed by atoms with Crippen LogP contribution in [0, 0.1) is 0 Å². The predicted octanol–water partition coefficient (Wildman–Crippen LogP) is 4.24. The van der Waals surface area contributed by atoms with Gasteiger partial charge < -0.3 is 9.84 Å². The lowest BCUT2D eigenvalue weighted by molar-refractivity contribution is 0.154. The first kappa shape index (κ1) is 14.2. The molecule has 2 aromatic carbocycles. The van der Waals surface area contributed by atoms with Crippen molar-refractivity contribution in [3.63, 3.8) is 0 Å². The molecule has 110 valence electrons. The van der Waals surface area contributed by atoms with Crippen LogP contribution in [0.3, 0.4) is 0 Å². The summed E-state index contributed by atoms with van der Waals surface area (Å²) in [5, 5.41) is 10.5. The number of aliphatic hydroxyl groups is 1. The molecular weight excluding hydrogens is 260 g/mol. The molecule has 1 aliphatic rings. The Morgan fingerprint density at radius 2 is 1.90 bits per heavy atom. The summed E-state index contributed by atoms with van der Waals surface area (Å²) in [5.41, 5.74) is 3.85. The van der Waals surface area contributed by atoms with Crippen LogP contribution in [-0.2, 0) is 6.42 Å². The first-order valence-electron chi connectivity index (χ1n) is 7.67. The summed E-state index contributed by atoms with van der Waals surface area (Å²) in [6.07, 6.45) is 3.95. The Morgan fingerprint density at radius 1 is 1.14 bits per heavy atom. The van der Waals surface area contributed by atoms with Crippen molar-refractivity contribution in [3.8, 4) is 5.75 Å². The van der Waals surface area contributed by atoms with E-state index in [0.29, 0.717) is 5.92 Å². The van der Waals surface area contributed by atoms with Crippen molar-refractivity contribution >= 4 is 0 Å². The van der Waals surface area contributed by atoms with Gasteiger partial charge in [0.1, 0.15) is 5.75 Å². The maximum atomic E-state index is 10.5. The van der Waals surface area contributed by atoms with E-state index in [4.69, 9.17) is 4.74 Å². The lowest BCUT2D eigenvalue weighted by Crippen LogP contribution is -2.13. The van der Waals surface area contributed by atoms with Crippen molar-refractivity contribution < 1.29 is 9.84 Å². The van der Waals surface area contributed by atoms with Crippen molar-refractivity contribution in [1.82, 2.24) is 0 Å². The van der Waals surface area contributed by atoms with Crippen LogP contribution in [0.5, 0.6) is 5.75 Å². The summed E-state index contributed by atoms with van der Waals surface area (Å²) in [5.74, 6) is 1.29. The number of ether oxygens (including phenoxy) is 1. The normalized spacial score (nSPS) is 18.9. The highest BCUT2D eigenvalue weighted by Gasteiger charge is 2.23. The number of aryl methyl sites for hydroxylation is 1. The van der Waals surface area contributed by atoms with Crippen LogP contribution in [0.4, 0.5) is 0 Å². The van der Waals surface area contributed by atoms with Gasteiger partial charge in [0.05, 0.1) is 13.2 Å². The fourth-order valence-corrected chi connectivity index (χ4v) is 3.33. The summed E-state index contributed by atoms with van der Waals surface area (Å²) in [7, 11) is 1.66. The van der Waals surface area contributed by atoms with Crippen LogP contribution in [0.1, 0.15) is 48.0 Å². The van der Waals surface area contributed by atoms with E-state index in [9.17, 15) is 5.11 Å². The zero-order chi connectivity index (χ0) is 14.7. The summed E-state index contributed by atoms with van der Waals surface area (Å²) in [4.78, 5) is 0. The van der Waals surface area contributed by atoms with Crippen LogP contribution in [0.15, 0.2) is 48.5 Å². The van der Waals surface area contributed by atoms with Crippen molar-refractivity contribution in [3.05, 3.63) is 65.2 Å². The number of hydrogen-bond acceptors (Lipinski definition) is 2. The average Bonchev–Trinajstić information content (AvgIpc) is 2.55. The van der Waals surface area contributed by atoms with Gasteiger partial charge in [-0.2, -0.15) is 0 Å². The van der Waals surface area contributed by atoms with Crippen molar-refractivity contribution in [2.75, 3.05) is 7.11 Å². The summed E-state index contributed by atoms with van der Waals surface area (Å²) in [6, 6.07) is 16.4. The molecule has 2 atom stereocenters. The molecule has 0 radical (unpaired) electrons. The van der Waals surface area contributed by atoms with E-state index in [0.717, 1.165) is 17.7 Å². The monoisotopic (exact) mass is 282 g/mol. The Balaban J connectivity index is 1.74. The average molecular weight is 282 g/mol. The third-order valence-electron chi connectivity index (χ3n) is 4.50. The second-order valence-corrected chi connectivity index (χ2v) is 5.81. The van der Waals surface area contributed by atoms with E-state index in [2.05, 4.69) is 24.3 Å². The zero-order valence-corrected chi connectivity index (χ0v) is 12.5. The van der Waals surface area contributed by atoms with E-state index in [1.807, 2.05) is 24.3 Å². The first-order valence-corrected chi connectivity index (χ1v) is 7.67. The molecule has 0 spiro atoms. The highest BCUT2D eigenvalue weighted by atomic mass is 16.5. The number of hydrogen-bond donors (Lipinski definition) is 1. The molecule has 0 amide bonds. The van der Waals surface area contributed by atoms with Crippen molar-refractivity contribution in [2.24, 2.45) is 0 Å². The lowest BCUT2D eigenvalue weighted by atomic mass is 9.79. The predicted molar refractivity (Wildman–Crippen MR) is 84.7 cm³/mol. The third kappa shape index (κ3) is 3.11. The van der Waals surface area contributed by atoms with Gasteiger partial charge in [0.2, 0.25) is 0 Å². The smallest absolute Gasteiger partial charge is 0.118 e. The number of methoxy groups -OCH3 is 1. The van der Waals surface area contributed by atoms with E-state index < -0.39 is 6.10 Å². The Labute approximate surface area is 126 Å². The van der Waals surface area contributed by atoms with Gasteiger partial charge in [-0.15, -0.1) is 0 Å². The fourth-order valence-electron chi connectivity index (χ4n) is 3.33. The Hall–Kier alpha value is -1.80. The first-order chi connectivity index (χ1) is 10.3. The number of benzene rings is 2. The minimum Gasteiger partial charge on any atom is -0.497 e. The van der Waals surface area contributed by atoms with Gasteiger partial charge in [0, 0.05) is 0 Å². The van der Waals surface area contributed by atoms with Gasteiger partial charge in [-0.05, 0) is 60.4 Å².